The Morgan fingerprint density at radius 2 is 1.74 bits per heavy atom. The predicted molar refractivity (Wildman–Crippen MR) is 104 cm³/mol. The van der Waals surface area contributed by atoms with Gasteiger partial charge >= 0.3 is 0 Å². The summed E-state index contributed by atoms with van der Waals surface area (Å²) in [5, 5.41) is 2.62. The van der Waals surface area contributed by atoms with E-state index in [9.17, 15) is 18.0 Å². The highest BCUT2D eigenvalue weighted by Gasteiger charge is 2.25. The van der Waals surface area contributed by atoms with Crippen molar-refractivity contribution in [3.8, 4) is 0 Å². The van der Waals surface area contributed by atoms with Crippen LogP contribution in [0.2, 0.25) is 0 Å². The maximum absolute atomic E-state index is 12.7. The van der Waals surface area contributed by atoms with E-state index in [1.807, 2.05) is 0 Å². The number of amides is 2. The number of fused-ring (bicyclic) bond motifs is 1. The van der Waals surface area contributed by atoms with Crippen LogP contribution in [0, 0.1) is 0 Å². The number of hydrogen-bond donors (Lipinski definition) is 2. The summed E-state index contributed by atoms with van der Waals surface area (Å²) in [6, 6.07) is 11.2. The van der Waals surface area contributed by atoms with Crippen molar-refractivity contribution in [2.24, 2.45) is 0 Å². The van der Waals surface area contributed by atoms with E-state index < -0.39 is 10.0 Å². The normalized spacial score (nSPS) is 13.2. The van der Waals surface area contributed by atoms with E-state index in [2.05, 4.69) is 10.0 Å². The fourth-order valence-corrected chi connectivity index (χ4v) is 4.14. The van der Waals surface area contributed by atoms with Gasteiger partial charge in [0.15, 0.2) is 0 Å². The Balaban J connectivity index is 1.80. The zero-order chi connectivity index (χ0) is 19.6. The Kier molecular flexibility index (Phi) is 5.18. The van der Waals surface area contributed by atoms with E-state index in [0.717, 1.165) is 11.3 Å². The largest absolute Gasteiger partial charge is 0.326 e. The van der Waals surface area contributed by atoms with E-state index >= 15 is 0 Å². The highest BCUT2D eigenvalue weighted by atomic mass is 32.2. The molecule has 0 fully saturated rings. The van der Waals surface area contributed by atoms with E-state index in [-0.39, 0.29) is 16.7 Å². The molecule has 8 heteroatoms. The Hall–Kier alpha value is -2.87. The first kappa shape index (κ1) is 18.9. The van der Waals surface area contributed by atoms with Crippen molar-refractivity contribution in [1.29, 1.82) is 0 Å². The minimum Gasteiger partial charge on any atom is -0.326 e. The first-order valence-electron chi connectivity index (χ1n) is 8.64. The molecule has 0 radical (unpaired) electrons. The summed E-state index contributed by atoms with van der Waals surface area (Å²) in [5.41, 5.74) is 2.61. The van der Waals surface area contributed by atoms with Crippen molar-refractivity contribution in [1.82, 2.24) is 0 Å². The first-order valence-corrected chi connectivity index (χ1v) is 10.1. The number of carbonyl (C=O) groups is 2. The van der Waals surface area contributed by atoms with Crippen LogP contribution in [0.3, 0.4) is 0 Å². The van der Waals surface area contributed by atoms with Gasteiger partial charge < -0.3 is 10.2 Å². The molecular weight excluding hydrogens is 366 g/mol. The van der Waals surface area contributed by atoms with E-state index in [4.69, 9.17) is 0 Å². The average Bonchev–Trinajstić information content (AvgIpc) is 3.05. The summed E-state index contributed by atoms with van der Waals surface area (Å²) in [6.45, 7) is 3.78. The molecule has 2 amide bonds. The molecule has 0 aliphatic carbocycles. The van der Waals surface area contributed by atoms with Gasteiger partial charge in [-0.25, -0.2) is 8.42 Å². The summed E-state index contributed by atoms with van der Waals surface area (Å²) >= 11 is 0. The molecule has 7 nitrogen and oxygen atoms in total. The molecule has 27 heavy (non-hydrogen) atoms. The van der Waals surface area contributed by atoms with Crippen molar-refractivity contribution in [2.75, 3.05) is 21.5 Å². The molecule has 0 aromatic heterocycles. The summed E-state index contributed by atoms with van der Waals surface area (Å²) in [6.07, 6.45) is 1.05. The quantitative estimate of drug-likeness (QED) is 0.825. The molecule has 1 heterocycles. The van der Waals surface area contributed by atoms with Crippen LogP contribution < -0.4 is 14.9 Å². The summed E-state index contributed by atoms with van der Waals surface area (Å²) < 4.78 is 27.9. The van der Waals surface area contributed by atoms with Crippen LogP contribution in [0.5, 0.6) is 0 Å². The zero-order valence-electron chi connectivity index (χ0n) is 15.2. The van der Waals surface area contributed by atoms with Crippen molar-refractivity contribution >= 4 is 38.9 Å². The SMILES string of the molecule is CCC(=O)N1CCc2cc(S(=O)(=O)Nc3ccc(NC(C)=O)cc3)ccc21. The highest BCUT2D eigenvalue weighted by molar-refractivity contribution is 7.92. The third-order valence-corrected chi connectivity index (χ3v) is 5.70. The topological polar surface area (TPSA) is 95.6 Å². The molecule has 3 rings (SSSR count). The standard InChI is InChI=1S/C19H21N3O4S/c1-3-19(24)22-11-10-14-12-17(8-9-18(14)22)27(25,26)21-16-6-4-15(5-7-16)20-13(2)23/h4-9,12,21H,3,10-11H2,1-2H3,(H,20,23). The maximum atomic E-state index is 12.7. The molecule has 2 N–H and O–H groups in total. The second-order valence-corrected chi connectivity index (χ2v) is 7.99. The Morgan fingerprint density at radius 1 is 1.07 bits per heavy atom. The minimum absolute atomic E-state index is 0.0294. The van der Waals surface area contributed by atoms with E-state index in [1.54, 1.807) is 48.2 Å². The number of nitrogens with zero attached hydrogens (tertiary/aromatic N) is 1. The summed E-state index contributed by atoms with van der Waals surface area (Å²) in [4.78, 5) is 24.9. The second kappa shape index (κ2) is 7.40. The number of carbonyl (C=O) groups excluding carboxylic acids is 2. The number of anilines is 3. The maximum Gasteiger partial charge on any atom is 0.261 e. The van der Waals surface area contributed by atoms with Gasteiger partial charge in [0.05, 0.1) is 4.90 Å². The number of nitrogens with one attached hydrogen (secondary N) is 2. The Morgan fingerprint density at radius 3 is 2.37 bits per heavy atom. The lowest BCUT2D eigenvalue weighted by Gasteiger charge is -2.16. The molecule has 2 aromatic carbocycles. The van der Waals surface area contributed by atoms with Crippen LogP contribution in [0.15, 0.2) is 47.4 Å². The van der Waals surface area contributed by atoms with Gasteiger partial charge in [-0.3, -0.25) is 14.3 Å². The van der Waals surface area contributed by atoms with Crippen LogP contribution in [0.25, 0.3) is 0 Å². The number of benzene rings is 2. The Labute approximate surface area is 158 Å². The first-order chi connectivity index (χ1) is 12.8. The van der Waals surface area contributed by atoms with Crippen LogP contribution in [-0.2, 0) is 26.0 Å². The van der Waals surface area contributed by atoms with E-state index in [1.165, 1.54) is 13.0 Å². The van der Waals surface area contributed by atoms with Crippen LogP contribution in [0.1, 0.15) is 25.8 Å². The molecule has 142 valence electrons. The third-order valence-electron chi connectivity index (χ3n) is 4.32. The molecular formula is C19H21N3O4S. The van der Waals surface area contributed by atoms with Gasteiger partial charge in [0.25, 0.3) is 10.0 Å². The van der Waals surface area contributed by atoms with Gasteiger partial charge in [-0.2, -0.15) is 0 Å². The van der Waals surface area contributed by atoms with Crippen molar-refractivity contribution < 1.29 is 18.0 Å². The van der Waals surface area contributed by atoms with Crippen molar-refractivity contribution in [2.45, 2.75) is 31.6 Å². The van der Waals surface area contributed by atoms with Crippen LogP contribution >= 0.6 is 0 Å². The monoisotopic (exact) mass is 387 g/mol. The number of hydrogen-bond acceptors (Lipinski definition) is 4. The zero-order valence-corrected chi connectivity index (χ0v) is 16.0. The van der Waals surface area contributed by atoms with Gasteiger partial charge in [-0.15, -0.1) is 0 Å². The highest BCUT2D eigenvalue weighted by Crippen LogP contribution is 2.31. The molecule has 0 bridgehead atoms. The van der Waals surface area contributed by atoms with Crippen molar-refractivity contribution in [3.63, 3.8) is 0 Å². The van der Waals surface area contributed by atoms with Gasteiger partial charge in [-0.05, 0) is 54.4 Å². The lowest BCUT2D eigenvalue weighted by atomic mass is 10.2. The fraction of sp³-hybridized carbons (Fsp3) is 0.263. The second-order valence-electron chi connectivity index (χ2n) is 6.30. The van der Waals surface area contributed by atoms with Gasteiger partial charge in [0, 0.05) is 37.0 Å². The third kappa shape index (κ3) is 4.11. The fourth-order valence-electron chi connectivity index (χ4n) is 3.03. The van der Waals surface area contributed by atoms with Crippen LogP contribution in [-0.4, -0.2) is 26.8 Å². The molecule has 2 aromatic rings. The lowest BCUT2D eigenvalue weighted by molar-refractivity contribution is -0.118. The number of rotatable bonds is 5. The van der Waals surface area contributed by atoms with Crippen LogP contribution in [0.4, 0.5) is 17.1 Å². The van der Waals surface area contributed by atoms with Gasteiger partial charge in [0.1, 0.15) is 0 Å². The molecule has 0 unspecified atom stereocenters. The molecule has 0 atom stereocenters. The lowest BCUT2D eigenvalue weighted by Crippen LogP contribution is -2.27. The van der Waals surface area contributed by atoms with Crippen molar-refractivity contribution in [3.05, 3.63) is 48.0 Å². The molecule has 1 aliphatic rings. The summed E-state index contributed by atoms with van der Waals surface area (Å²) in [5.74, 6) is -0.168. The number of sulfonamides is 1. The van der Waals surface area contributed by atoms with E-state index in [0.29, 0.717) is 30.8 Å². The molecule has 0 spiro atoms. The molecule has 0 saturated heterocycles. The predicted octanol–water partition coefficient (Wildman–Crippen LogP) is 2.74. The minimum atomic E-state index is -3.75. The van der Waals surface area contributed by atoms with Gasteiger partial charge in [0.2, 0.25) is 11.8 Å². The smallest absolute Gasteiger partial charge is 0.261 e. The Bertz CT molecular complexity index is 985. The molecule has 0 saturated carbocycles. The summed E-state index contributed by atoms with van der Waals surface area (Å²) in [7, 11) is -3.75. The average molecular weight is 387 g/mol. The molecule has 1 aliphatic heterocycles. The van der Waals surface area contributed by atoms with Gasteiger partial charge in [-0.1, -0.05) is 6.92 Å².